The maximum atomic E-state index is 12.7. The Kier molecular flexibility index (Phi) is 6.04. The number of Topliss-reactive ketones (excluding diaryl/α,β-unsaturated/α-hetero) is 1. The maximum Gasteiger partial charge on any atom is 0.192 e. The molecule has 0 bridgehead atoms. The largest absolute Gasteiger partial charge is 0.507 e. The number of phenolic OH excluding ortho intramolecular Hbond substituents is 1. The molecule has 2 nitrogen and oxygen atoms in total. The highest BCUT2D eigenvalue weighted by molar-refractivity contribution is 6.10. The van der Waals surface area contributed by atoms with Crippen molar-refractivity contribution in [3.8, 4) is 5.75 Å². The minimum absolute atomic E-state index is 0.00660. The molecular formula is C19H26O2. The summed E-state index contributed by atoms with van der Waals surface area (Å²) in [5, 5.41) is 9.91. The van der Waals surface area contributed by atoms with Crippen LogP contribution < -0.4 is 0 Å². The van der Waals surface area contributed by atoms with Gasteiger partial charge in [-0.3, -0.25) is 4.79 Å². The van der Waals surface area contributed by atoms with Gasteiger partial charge in [-0.25, -0.2) is 0 Å². The van der Waals surface area contributed by atoms with E-state index < -0.39 is 0 Å². The van der Waals surface area contributed by atoms with Crippen molar-refractivity contribution in [3.05, 3.63) is 41.5 Å². The molecule has 0 unspecified atom stereocenters. The Morgan fingerprint density at radius 1 is 1.24 bits per heavy atom. The molecule has 0 amide bonds. The second kappa shape index (κ2) is 8.02. The third kappa shape index (κ3) is 4.45. The lowest BCUT2D eigenvalue weighted by atomic mass is 9.85. The summed E-state index contributed by atoms with van der Waals surface area (Å²) in [5.74, 6) is 0.640. The van der Waals surface area contributed by atoms with Crippen LogP contribution in [0.5, 0.6) is 5.75 Å². The average Bonchev–Trinajstić information content (AvgIpc) is 2.52. The molecule has 2 heteroatoms. The normalized spacial score (nSPS) is 16.9. The van der Waals surface area contributed by atoms with Crippen molar-refractivity contribution in [2.24, 2.45) is 5.92 Å². The van der Waals surface area contributed by atoms with Crippen LogP contribution in [0.3, 0.4) is 0 Å². The minimum Gasteiger partial charge on any atom is -0.507 e. The van der Waals surface area contributed by atoms with Gasteiger partial charge in [0.15, 0.2) is 5.78 Å². The number of ketones is 1. The third-order valence-electron chi connectivity index (χ3n) is 4.33. The van der Waals surface area contributed by atoms with E-state index in [4.69, 9.17) is 0 Å². The molecule has 21 heavy (non-hydrogen) atoms. The zero-order valence-corrected chi connectivity index (χ0v) is 13.0. The van der Waals surface area contributed by atoms with Crippen LogP contribution in [-0.2, 0) is 0 Å². The Hall–Kier alpha value is -1.57. The van der Waals surface area contributed by atoms with E-state index in [1.165, 1.54) is 32.1 Å². The molecule has 2 rings (SSSR count). The van der Waals surface area contributed by atoms with E-state index in [2.05, 4.69) is 13.0 Å². The van der Waals surface area contributed by atoms with Gasteiger partial charge in [-0.15, -0.1) is 0 Å². The van der Waals surface area contributed by atoms with Crippen molar-refractivity contribution >= 4 is 5.78 Å². The molecule has 1 fully saturated rings. The molecule has 0 spiro atoms. The van der Waals surface area contributed by atoms with Gasteiger partial charge in [-0.05, 0) is 49.3 Å². The van der Waals surface area contributed by atoms with Gasteiger partial charge < -0.3 is 5.11 Å². The van der Waals surface area contributed by atoms with Crippen LogP contribution in [-0.4, -0.2) is 10.9 Å². The first-order valence-corrected chi connectivity index (χ1v) is 8.25. The minimum atomic E-state index is 0.00660. The van der Waals surface area contributed by atoms with Crippen LogP contribution >= 0.6 is 0 Å². The molecule has 1 N–H and O–H groups in total. The molecule has 0 atom stereocenters. The van der Waals surface area contributed by atoms with E-state index >= 15 is 0 Å². The predicted molar refractivity (Wildman–Crippen MR) is 86.6 cm³/mol. The first-order valence-electron chi connectivity index (χ1n) is 8.25. The average molecular weight is 286 g/mol. The first kappa shape index (κ1) is 15.8. The number of hydrogen-bond donors (Lipinski definition) is 1. The molecular weight excluding hydrogens is 260 g/mol. The van der Waals surface area contributed by atoms with Gasteiger partial charge in [0, 0.05) is 0 Å². The number of hydrogen-bond acceptors (Lipinski definition) is 2. The van der Waals surface area contributed by atoms with Gasteiger partial charge in [-0.1, -0.05) is 50.8 Å². The fourth-order valence-corrected chi connectivity index (χ4v) is 3.06. The Balaban J connectivity index is 2.20. The van der Waals surface area contributed by atoms with Crippen molar-refractivity contribution in [2.45, 2.75) is 58.3 Å². The van der Waals surface area contributed by atoms with E-state index in [0.29, 0.717) is 11.5 Å². The lowest BCUT2D eigenvalue weighted by Crippen LogP contribution is -2.09. The highest BCUT2D eigenvalue weighted by Gasteiger charge is 2.18. The van der Waals surface area contributed by atoms with Crippen LogP contribution in [0.15, 0.2) is 35.9 Å². The number of carbonyl (C=O) groups is 1. The Bertz CT molecular complexity index is 496. The van der Waals surface area contributed by atoms with Crippen molar-refractivity contribution < 1.29 is 9.90 Å². The van der Waals surface area contributed by atoms with Crippen LogP contribution in [0, 0.1) is 5.92 Å². The maximum absolute atomic E-state index is 12.7. The summed E-state index contributed by atoms with van der Waals surface area (Å²) in [6.45, 7) is 2.14. The monoisotopic (exact) mass is 286 g/mol. The smallest absolute Gasteiger partial charge is 0.192 e. The summed E-state index contributed by atoms with van der Waals surface area (Å²) >= 11 is 0. The molecule has 0 aliphatic heterocycles. The molecule has 0 radical (unpaired) electrons. The van der Waals surface area contributed by atoms with Gasteiger partial charge in [0.05, 0.1) is 5.56 Å². The first-order chi connectivity index (χ1) is 10.2. The number of carbonyl (C=O) groups excluding carboxylic acids is 1. The summed E-state index contributed by atoms with van der Waals surface area (Å²) in [4.78, 5) is 12.7. The number of rotatable bonds is 6. The fourth-order valence-electron chi connectivity index (χ4n) is 3.06. The third-order valence-corrected chi connectivity index (χ3v) is 4.33. The Morgan fingerprint density at radius 2 is 1.95 bits per heavy atom. The number of unbranched alkanes of at least 4 members (excludes halogenated alkanes) is 1. The summed E-state index contributed by atoms with van der Waals surface area (Å²) in [5.41, 5.74) is 1.33. The predicted octanol–water partition coefficient (Wildman–Crippen LogP) is 5.27. The summed E-state index contributed by atoms with van der Waals surface area (Å²) < 4.78 is 0. The van der Waals surface area contributed by atoms with Crippen molar-refractivity contribution in [3.63, 3.8) is 0 Å². The quantitative estimate of drug-likeness (QED) is 0.571. The second-order valence-electron chi connectivity index (χ2n) is 6.04. The lowest BCUT2D eigenvalue weighted by Gasteiger charge is -2.20. The number of phenols is 1. The Morgan fingerprint density at radius 3 is 2.62 bits per heavy atom. The SMILES string of the molecule is CCCC/C(=C\C1CCCCC1)C(=O)c1ccccc1O. The van der Waals surface area contributed by atoms with Crippen molar-refractivity contribution in [2.75, 3.05) is 0 Å². The van der Waals surface area contributed by atoms with Crippen LogP contribution in [0.25, 0.3) is 0 Å². The van der Waals surface area contributed by atoms with E-state index in [1.54, 1.807) is 18.2 Å². The van der Waals surface area contributed by atoms with Gasteiger partial charge in [0.25, 0.3) is 0 Å². The number of aromatic hydroxyl groups is 1. The van der Waals surface area contributed by atoms with E-state index in [1.807, 2.05) is 6.07 Å². The van der Waals surface area contributed by atoms with Crippen LogP contribution in [0.2, 0.25) is 0 Å². The second-order valence-corrected chi connectivity index (χ2v) is 6.04. The lowest BCUT2D eigenvalue weighted by molar-refractivity contribution is 0.102. The van der Waals surface area contributed by atoms with Gasteiger partial charge in [0.1, 0.15) is 5.75 Å². The number of allylic oxidation sites excluding steroid dienone is 2. The van der Waals surface area contributed by atoms with Gasteiger partial charge in [-0.2, -0.15) is 0 Å². The van der Waals surface area contributed by atoms with Gasteiger partial charge >= 0.3 is 0 Å². The summed E-state index contributed by atoms with van der Waals surface area (Å²) in [6, 6.07) is 6.87. The molecule has 0 aromatic heterocycles. The van der Waals surface area contributed by atoms with Crippen LogP contribution in [0.1, 0.15) is 68.6 Å². The van der Waals surface area contributed by atoms with E-state index in [0.717, 1.165) is 24.8 Å². The topological polar surface area (TPSA) is 37.3 Å². The molecule has 0 heterocycles. The highest BCUT2D eigenvalue weighted by Crippen LogP contribution is 2.29. The zero-order valence-electron chi connectivity index (χ0n) is 13.0. The standard InChI is InChI=1S/C19H26O2/c1-2-3-11-16(14-15-9-5-4-6-10-15)19(21)17-12-7-8-13-18(17)20/h7-8,12-15,20H,2-6,9-11H2,1H3/b16-14+. The molecule has 1 aliphatic carbocycles. The van der Waals surface area contributed by atoms with Crippen molar-refractivity contribution in [1.29, 1.82) is 0 Å². The van der Waals surface area contributed by atoms with Gasteiger partial charge in [0.2, 0.25) is 0 Å². The summed E-state index contributed by atoms with van der Waals surface area (Å²) in [6.07, 6.45) is 11.4. The van der Waals surface area contributed by atoms with Crippen LogP contribution in [0.4, 0.5) is 0 Å². The van der Waals surface area contributed by atoms with E-state index in [9.17, 15) is 9.90 Å². The van der Waals surface area contributed by atoms with E-state index in [-0.39, 0.29) is 11.5 Å². The summed E-state index contributed by atoms with van der Waals surface area (Å²) in [7, 11) is 0. The fraction of sp³-hybridized carbons (Fsp3) is 0.526. The molecule has 1 aromatic carbocycles. The van der Waals surface area contributed by atoms with Crippen molar-refractivity contribution in [1.82, 2.24) is 0 Å². The molecule has 114 valence electrons. The highest BCUT2D eigenvalue weighted by atomic mass is 16.3. The molecule has 1 saturated carbocycles. The zero-order chi connectivity index (χ0) is 15.1. The molecule has 1 aliphatic rings. The molecule has 1 aromatic rings. The Labute approximate surface area is 127 Å². The molecule has 0 saturated heterocycles. The number of benzene rings is 1. The number of para-hydroxylation sites is 1.